The summed E-state index contributed by atoms with van der Waals surface area (Å²) in [5.74, 6) is 2.03. The van der Waals surface area contributed by atoms with Crippen LogP contribution >= 0.6 is 34.5 Å². The quantitative estimate of drug-likeness (QED) is 0.401. The number of benzene rings is 1. The van der Waals surface area contributed by atoms with Gasteiger partial charge in [0.2, 0.25) is 0 Å². The van der Waals surface area contributed by atoms with Crippen LogP contribution in [-0.4, -0.2) is 55.2 Å². The second-order valence-electron chi connectivity index (χ2n) is 10.3. The lowest BCUT2D eigenvalue weighted by Gasteiger charge is -2.37. The molecule has 2 aromatic rings. The Labute approximate surface area is 207 Å². The van der Waals surface area contributed by atoms with Gasteiger partial charge in [0.25, 0.3) is 0 Å². The number of ether oxygens (including phenoxy) is 1. The normalized spacial score (nSPS) is 23.8. The van der Waals surface area contributed by atoms with Crippen LogP contribution in [0.1, 0.15) is 50.2 Å². The molecule has 1 aromatic heterocycles. The molecule has 6 heteroatoms. The molecule has 0 aliphatic carbocycles. The lowest BCUT2D eigenvalue weighted by Crippen LogP contribution is -2.40. The fourth-order valence-corrected chi connectivity index (χ4v) is 6.71. The molecule has 0 N–H and O–H groups in total. The highest BCUT2D eigenvalue weighted by molar-refractivity contribution is 7.08. The highest BCUT2D eigenvalue weighted by Crippen LogP contribution is 2.37. The van der Waals surface area contributed by atoms with Crippen molar-refractivity contribution in [1.29, 1.82) is 0 Å². The standard InChI is InChI=1S/C26H36Cl2N2OS/c1-26(2,31-3)13-19-6-9-29(10-7-19)15-22-16-30(17-24(22)21-8-11-32-18-21)14-20-4-5-23(27)12-25(20)28/h4-5,8,11-12,18-19,22,24H,6-7,9-10,13-17H2,1-3H3. The molecule has 0 bridgehead atoms. The topological polar surface area (TPSA) is 15.7 Å². The molecule has 2 atom stereocenters. The smallest absolute Gasteiger partial charge is 0.0625 e. The van der Waals surface area contributed by atoms with Crippen molar-refractivity contribution in [2.75, 3.05) is 39.8 Å². The number of likely N-dealkylation sites (tertiary alicyclic amines) is 2. The summed E-state index contributed by atoms with van der Waals surface area (Å²) in [4.78, 5) is 5.29. The van der Waals surface area contributed by atoms with Crippen molar-refractivity contribution in [2.24, 2.45) is 11.8 Å². The van der Waals surface area contributed by atoms with Crippen molar-refractivity contribution >= 4 is 34.5 Å². The predicted molar refractivity (Wildman–Crippen MR) is 137 cm³/mol. The van der Waals surface area contributed by atoms with E-state index >= 15 is 0 Å². The van der Waals surface area contributed by atoms with E-state index in [9.17, 15) is 0 Å². The van der Waals surface area contributed by atoms with Crippen LogP contribution < -0.4 is 0 Å². The number of thiophene rings is 1. The summed E-state index contributed by atoms with van der Waals surface area (Å²) >= 11 is 14.4. The monoisotopic (exact) mass is 494 g/mol. The summed E-state index contributed by atoms with van der Waals surface area (Å²) in [6, 6.07) is 8.20. The minimum Gasteiger partial charge on any atom is -0.379 e. The summed E-state index contributed by atoms with van der Waals surface area (Å²) in [5, 5.41) is 6.03. The third-order valence-electron chi connectivity index (χ3n) is 7.43. The van der Waals surface area contributed by atoms with Gasteiger partial charge in [-0.05, 0) is 98.1 Å². The van der Waals surface area contributed by atoms with Gasteiger partial charge in [0.1, 0.15) is 0 Å². The average molecular weight is 496 g/mol. The third-order valence-corrected chi connectivity index (χ3v) is 8.72. The number of halogens is 2. The van der Waals surface area contributed by atoms with Crippen LogP contribution in [0, 0.1) is 11.8 Å². The van der Waals surface area contributed by atoms with E-state index in [4.69, 9.17) is 27.9 Å². The predicted octanol–water partition coefficient (Wildman–Crippen LogP) is 6.80. The molecule has 0 amide bonds. The van der Waals surface area contributed by atoms with Gasteiger partial charge in [-0.3, -0.25) is 4.90 Å². The molecule has 2 aliphatic rings. The van der Waals surface area contributed by atoms with E-state index < -0.39 is 0 Å². The average Bonchev–Trinajstić information content (AvgIpc) is 3.41. The zero-order valence-electron chi connectivity index (χ0n) is 19.5. The summed E-state index contributed by atoms with van der Waals surface area (Å²) in [6.45, 7) is 11.1. The Morgan fingerprint density at radius 2 is 1.88 bits per heavy atom. The van der Waals surface area contributed by atoms with Gasteiger partial charge in [0.05, 0.1) is 5.60 Å². The van der Waals surface area contributed by atoms with Gasteiger partial charge in [-0.2, -0.15) is 11.3 Å². The minimum absolute atomic E-state index is 0.00816. The second-order valence-corrected chi connectivity index (χ2v) is 11.9. The second kappa shape index (κ2) is 10.8. The maximum atomic E-state index is 6.48. The Bertz CT molecular complexity index is 865. The van der Waals surface area contributed by atoms with Crippen LogP contribution in [0.4, 0.5) is 0 Å². The van der Waals surface area contributed by atoms with Crippen molar-refractivity contribution in [3.8, 4) is 0 Å². The van der Waals surface area contributed by atoms with Crippen molar-refractivity contribution in [2.45, 2.75) is 51.2 Å². The van der Waals surface area contributed by atoms with Crippen LogP contribution in [-0.2, 0) is 11.3 Å². The SMILES string of the molecule is COC(C)(C)CC1CCN(CC2CN(Cc3ccc(Cl)cc3Cl)CC2c2ccsc2)CC1. The molecule has 3 heterocycles. The molecule has 2 aliphatic heterocycles. The molecule has 32 heavy (non-hydrogen) atoms. The van der Waals surface area contributed by atoms with Gasteiger partial charge in [-0.25, -0.2) is 0 Å². The zero-order valence-corrected chi connectivity index (χ0v) is 21.9. The number of hydrogen-bond donors (Lipinski definition) is 0. The number of methoxy groups -OCH3 is 1. The molecule has 1 aromatic carbocycles. The molecular weight excluding hydrogens is 459 g/mol. The highest BCUT2D eigenvalue weighted by Gasteiger charge is 2.36. The van der Waals surface area contributed by atoms with Gasteiger partial charge < -0.3 is 9.64 Å². The van der Waals surface area contributed by atoms with E-state index in [-0.39, 0.29) is 5.60 Å². The summed E-state index contributed by atoms with van der Waals surface area (Å²) < 4.78 is 5.67. The van der Waals surface area contributed by atoms with Crippen LogP contribution in [0.2, 0.25) is 10.0 Å². The van der Waals surface area contributed by atoms with E-state index in [2.05, 4.69) is 46.5 Å². The molecule has 176 valence electrons. The van der Waals surface area contributed by atoms with Crippen LogP contribution in [0.25, 0.3) is 0 Å². The number of hydrogen-bond acceptors (Lipinski definition) is 4. The Morgan fingerprint density at radius 3 is 2.53 bits per heavy atom. The van der Waals surface area contributed by atoms with E-state index in [1.165, 1.54) is 43.6 Å². The van der Waals surface area contributed by atoms with Crippen molar-refractivity contribution in [1.82, 2.24) is 9.80 Å². The third kappa shape index (κ3) is 6.28. The van der Waals surface area contributed by atoms with Crippen molar-refractivity contribution in [3.63, 3.8) is 0 Å². The molecule has 3 nitrogen and oxygen atoms in total. The number of nitrogens with zero attached hydrogens (tertiary/aromatic N) is 2. The Morgan fingerprint density at radius 1 is 1.09 bits per heavy atom. The van der Waals surface area contributed by atoms with Crippen LogP contribution in [0.15, 0.2) is 35.0 Å². The number of piperidine rings is 1. The van der Waals surface area contributed by atoms with E-state index in [0.717, 1.165) is 37.0 Å². The zero-order chi connectivity index (χ0) is 22.7. The summed E-state index contributed by atoms with van der Waals surface area (Å²) in [7, 11) is 1.84. The van der Waals surface area contributed by atoms with Crippen molar-refractivity contribution < 1.29 is 4.74 Å². The van der Waals surface area contributed by atoms with E-state index in [0.29, 0.717) is 16.9 Å². The summed E-state index contributed by atoms with van der Waals surface area (Å²) in [6.07, 6.45) is 3.73. The largest absolute Gasteiger partial charge is 0.379 e. The molecule has 0 saturated carbocycles. The maximum Gasteiger partial charge on any atom is 0.0625 e. The number of rotatable bonds is 8. The molecule has 2 unspecified atom stereocenters. The van der Waals surface area contributed by atoms with Gasteiger partial charge in [0, 0.05) is 49.3 Å². The first-order valence-electron chi connectivity index (χ1n) is 11.8. The maximum absolute atomic E-state index is 6.48. The van der Waals surface area contributed by atoms with Gasteiger partial charge in [0.15, 0.2) is 0 Å². The Balaban J connectivity index is 1.37. The Kier molecular flexibility index (Phi) is 8.23. The van der Waals surface area contributed by atoms with Crippen molar-refractivity contribution in [3.05, 3.63) is 56.2 Å². The molecule has 2 fully saturated rings. The molecule has 0 radical (unpaired) electrons. The molecule has 0 spiro atoms. The molecule has 4 rings (SSSR count). The minimum atomic E-state index is -0.00816. The van der Waals surface area contributed by atoms with Gasteiger partial charge in [-0.15, -0.1) is 0 Å². The molecule has 2 saturated heterocycles. The lowest BCUT2D eigenvalue weighted by atomic mass is 9.85. The van der Waals surface area contributed by atoms with E-state index in [1.54, 1.807) is 0 Å². The summed E-state index contributed by atoms with van der Waals surface area (Å²) in [5.41, 5.74) is 2.66. The van der Waals surface area contributed by atoms with E-state index in [1.807, 2.05) is 30.6 Å². The highest BCUT2D eigenvalue weighted by atomic mass is 35.5. The fraction of sp³-hybridized carbons (Fsp3) is 0.615. The first-order chi connectivity index (χ1) is 15.3. The lowest BCUT2D eigenvalue weighted by molar-refractivity contribution is -0.00707. The fourth-order valence-electron chi connectivity index (χ4n) is 5.51. The first kappa shape index (κ1) is 24.5. The van der Waals surface area contributed by atoms with Gasteiger partial charge in [-0.1, -0.05) is 29.3 Å². The van der Waals surface area contributed by atoms with Crippen LogP contribution in [0.3, 0.4) is 0 Å². The molecular formula is C26H36Cl2N2OS. The van der Waals surface area contributed by atoms with Crippen LogP contribution in [0.5, 0.6) is 0 Å². The first-order valence-corrected chi connectivity index (χ1v) is 13.5. The van der Waals surface area contributed by atoms with Gasteiger partial charge >= 0.3 is 0 Å². The Hall–Kier alpha value is -0.620.